The molecular weight excluding hydrogens is 546 g/mol. The van der Waals surface area contributed by atoms with Crippen molar-refractivity contribution in [2.75, 3.05) is 18.4 Å². The Morgan fingerprint density at radius 3 is 1.77 bits per heavy atom. The Morgan fingerprint density at radius 2 is 1.35 bits per heavy atom. The van der Waals surface area contributed by atoms with Gasteiger partial charge in [0.2, 0.25) is 6.08 Å². The minimum atomic E-state index is -4.41. The number of likely N-dealkylation sites (tertiary alicyclic amines) is 1. The molecule has 0 aliphatic carbocycles. The molecule has 1 fully saturated rings. The van der Waals surface area contributed by atoms with Crippen molar-refractivity contribution >= 4 is 29.6 Å². The van der Waals surface area contributed by atoms with Gasteiger partial charge in [0.05, 0.1) is 16.8 Å². The lowest BCUT2D eigenvalue weighted by Crippen LogP contribution is -2.48. The van der Waals surface area contributed by atoms with Crippen molar-refractivity contribution in [1.29, 1.82) is 0 Å². The number of urea groups is 1. The zero-order chi connectivity index (χ0) is 30.1. The maximum absolute atomic E-state index is 12.5. The van der Waals surface area contributed by atoms with Crippen LogP contribution in [0.15, 0.2) is 53.5 Å². The highest BCUT2D eigenvalue weighted by atomic mass is 19.4. The second-order valence-electron chi connectivity index (χ2n) is 9.66. The van der Waals surface area contributed by atoms with Gasteiger partial charge in [-0.25, -0.2) is 14.4 Å². The molecule has 40 heavy (non-hydrogen) atoms. The second-order valence-corrected chi connectivity index (χ2v) is 9.66. The number of ether oxygens (including phenoxy) is 1. The smallest absolute Gasteiger partial charge is 0.416 e. The van der Waals surface area contributed by atoms with Gasteiger partial charge < -0.3 is 20.3 Å². The summed E-state index contributed by atoms with van der Waals surface area (Å²) in [6.07, 6.45) is -6.78. The van der Waals surface area contributed by atoms with Crippen molar-refractivity contribution in [1.82, 2.24) is 10.2 Å². The van der Waals surface area contributed by atoms with Crippen LogP contribution in [0.4, 0.5) is 47.3 Å². The van der Waals surface area contributed by atoms with Gasteiger partial charge in [-0.3, -0.25) is 0 Å². The van der Waals surface area contributed by atoms with E-state index in [0.717, 1.165) is 36.4 Å². The van der Waals surface area contributed by atoms with E-state index in [1.54, 1.807) is 25.7 Å². The number of hydrogen-bond acceptors (Lipinski definition) is 5. The zero-order valence-corrected chi connectivity index (χ0v) is 21.8. The average molecular weight is 575 g/mol. The molecule has 0 atom stereocenters. The number of carbonyl (C=O) groups excluding carboxylic acids is 3. The van der Waals surface area contributed by atoms with Gasteiger partial charge in [0.25, 0.3) is 0 Å². The summed E-state index contributed by atoms with van der Waals surface area (Å²) in [5.74, 6) is 0. The molecule has 0 unspecified atom stereocenters. The van der Waals surface area contributed by atoms with Crippen LogP contribution in [0.2, 0.25) is 0 Å². The number of piperidine rings is 1. The number of benzene rings is 2. The molecule has 14 heteroatoms. The van der Waals surface area contributed by atoms with Crippen LogP contribution < -0.4 is 10.6 Å². The Hall–Kier alpha value is -4.06. The van der Waals surface area contributed by atoms with Crippen LogP contribution in [-0.4, -0.2) is 47.8 Å². The Balaban J connectivity index is 0.000000360. The van der Waals surface area contributed by atoms with Crippen LogP contribution in [0.3, 0.4) is 0 Å². The molecule has 0 saturated carbocycles. The van der Waals surface area contributed by atoms with E-state index >= 15 is 0 Å². The summed E-state index contributed by atoms with van der Waals surface area (Å²) in [5, 5.41) is 5.28. The highest BCUT2D eigenvalue weighted by Gasteiger charge is 2.31. The summed E-state index contributed by atoms with van der Waals surface area (Å²) in [4.78, 5) is 38.5. The minimum absolute atomic E-state index is 0.127. The summed E-state index contributed by atoms with van der Waals surface area (Å²) in [7, 11) is 0. The Kier molecular flexibility index (Phi) is 10.7. The number of carbonyl (C=O) groups is 2. The van der Waals surface area contributed by atoms with Gasteiger partial charge in [-0.2, -0.15) is 31.3 Å². The van der Waals surface area contributed by atoms with Crippen LogP contribution in [0.5, 0.6) is 0 Å². The molecule has 1 heterocycles. The Morgan fingerprint density at radius 1 is 0.875 bits per heavy atom. The quantitative estimate of drug-likeness (QED) is 0.237. The molecule has 3 rings (SSSR count). The van der Waals surface area contributed by atoms with E-state index in [-0.39, 0.29) is 23.5 Å². The molecule has 1 saturated heterocycles. The number of anilines is 1. The number of nitrogens with zero attached hydrogens (tertiary/aromatic N) is 2. The Labute approximate surface area is 226 Å². The molecule has 0 radical (unpaired) electrons. The number of halogens is 6. The normalized spacial score (nSPS) is 14.3. The maximum atomic E-state index is 12.5. The third kappa shape index (κ3) is 11.0. The van der Waals surface area contributed by atoms with Gasteiger partial charge in [-0.15, -0.1) is 0 Å². The maximum Gasteiger partial charge on any atom is 0.416 e. The van der Waals surface area contributed by atoms with Crippen molar-refractivity contribution in [3.63, 3.8) is 0 Å². The predicted molar refractivity (Wildman–Crippen MR) is 134 cm³/mol. The molecule has 218 valence electrons. The number of isocyanates is 1. The summed E-state index contributed by atoms with van der Waals surface area (Å²) < 4.78 is 78.9. The largest absolute Gasteiger partial charge is 0.444 e. The molecule has 2 aromatic carbocycles. The fraction of sp³-hybridized carbons (Fsp3) is 0.423. The molecule has 1 aliphatic rings. The first-order valence-electron chi connectivity index (χ1n) is 12.0. The molecule has 3 amide bonds. The van der Waals surface area contributed by atoms with Gasteiger partial charge in [0, 0.05) is 24.8 Å². The number of nitrogens with one attached hydrogen (secondary N) is 2. The van der Waals surface area contributed by atoms with Gasteiger partial charge in [0.15, 0.2) is 0 Å². The monoisotopic (exact) mass is 574 g/mol. The van der Waals surface area contributed by atoms with Crippen molar-refractivity contribution in [3.05, 3.63) is 59.7 Å². The van der Waals surface area contributed by atoms with E-state index < -0.39 is 35.1 Å². The highest BCUT2D eigenvalue weighted by Crippen LogP contribution is 2.31. The highest BCUT2D eigenvalue weighted by molar-refractivity contribution is 5.89. The van der Waals surface area contributed by atoms with E-state index in [0.29, 0.717) is 25.9 Å². The topological polar surface area (TPSA) is 100 Å². The molecular formula is C26H28F6N4O4. The number of aliphatic imine (C=N–C) groups is 1. The number of hydrogen-bond donors (Lipinski definition) is 2. The molecule has 8 nitrogen and oxygen atoms in total. The SMILES string of the molecule is CC(C)(C)OC(=O)N1CCC(NC(=O)Nc2ccc(C(F)(F)F)cc2)CC1.O=C=Nc1ccc(C(F)(F)F)cc1. The lowest BCUT2D eigenvalue weighted by molar-refractivity contribution is -0.138. The van der Waals surface area contributed by atoms with E-state index in [4.69, 9.17) is 4.74 Å². The number of amides is 3. The van der Waals surface area contributed by atoms with Crippen LogP contribution in [0.1, 0.15) is 44.7 Å². The standard InChI is InChI=1S/C18H24F3N3O3.C8H4F3NO/c1-17(2,3)27-16(26)24-10-8-14(9-11-24)23-15(25)22-13-6-4-12(5-7-13)18(19,20)21;9-8(10,11)6-1-3-7(4-2-6)12-5-13/h4-7,14H,8-11H2,1-3H3,(H2,22,23,25);1-4H. The summed E-state index contributed by atoms with van der Waals surface area (Å²) in [5.41, 5.74) is -1.68. The van der Waals surface area contributed by atoms with Crippen molar-refractivity contribution < 1.29 is 45.5 Å². The van der Waals surface area contributed by atoms with Crippen LogP contribution in [-0.2, 0) is 21.9 Å². The third-order valence-corrected chi connectivity index (χ3v) is 5.32. The minimum Gasteiger partial charge on any atom is -0.444 e. The molecule has 1 aliphatic heterocycles. The van der Waals surface area contributed by atoms with Crippen molar-refractivity contribution in [2.45, 2.75) is 57.6 Å². The molecule has 0 bridgehead atoms. The summed E-state index contributed by atoms with van der Waals surface area (Å²) >= 11 is 0. The molecule has 2 aromatic rings. The lowest BCUT2D eigenvalue weighted by Gasteiger charge is -2.33. The van der Waals surface area contributed by atoms with E-state index in [1.807, 2.05) is 0 Å². The van der Waals surface area contributed by atoms with E-state index in [1.165, 1.54) is 18.2 Å². The van der Waals surface area contributed by atoms with Crippen molar-refractivity contribution in [3.8, 4) is 0 Å². The number of alkyl halides is 6. The van der Waals surface area contributed by atoms with Gasteiger partial charge >= 0.3 is 24.5 Å². The predicted octanol–water partition coefficient (Wildman–Crippen LogP) is 6.90. The van der Waals surface area contributed by atoms with Gasteiger partial charge in [0.1, 0.15) is 5.60 Å². The number of rotatable bonds is 3. The van der Waals surface area contributed by atoms with E-state index in [2.05, 4.69) is 15.6 Å². The van der Waals surface area contributed by atoms with Crippen LogP contribution in [0.25, 0.3) is 0 Å². The fourth-order valence-corrected chi connectivity index (χ4v) is 3.41. The van der Waals surface area contributed by atoms with Gasteiger partial charge in [-0.05, 0) is 82.1 Å². The molecule has 2 N–H and O–H groups in total. The van der Waals surface area contributed by atoms with Crippen LogP contribution >= 0.6 is 0 Å². The first kappa shape index (κ1) is 32.2. The summed E-state index contributed by atoms with van der Waals surface area (Å²) in [6.45, 7) is 6.31. The first-order valence-corrected chi connectivity index (χ1v) is 12.0. The summed E-state index contributed by atoms with van der Waals surface area (Å²) in [6, 6.07) is 7.53. The van der Waals surface area contributed by atoms with Crippen molar-refractivity contribution in [2.24, 2.45) is 4.99 Å². The fourth-order valence-electron chi connectivity index (χ4n) is 3.41. The third-order valence-electron chi connectivity index (χ3n) is 5.32. The lowest BCUT2D eigenvalue weighted by atomic mass is 10.1. The average Bonchev–Trinajstić information content (AvgIpc) is 2.83. The second kappa shape index (κ2) is 13.3. The van der Waals surface area contributed by atoms with Gasteiger partial charge in [-0.1, -0.05) is 0 Å². The zero-order valence-electron chi connectivity index (χ0n) is 21.8. The first-order chi connectivity index (χ1) is 18.5. The Bertz CT molecular complexity index is 1180. The molecule has 0 spiro atoms. The van der Waals surface area contributed by atoms with Crippen LogP contribution in [0, 0.1) is 0 Å². The van der Waals surface area contributed by atoms with E-state index in [9.17, 15) is 40.7 Å². The molecule has 0 aromatic heterocycles.